The topological polar surface area (TPSA) is 106 Å². The molecule has 7 heteroatoms. The van der Waals surface area contributed by atoms with Crippen LogP contribution in [0.25, 0.3) is 21.9 Å². The van der Waals surface area contributed by atoms with Gasteiger partial charge in [-0.2, -0.15) is 0 Å². The fraction of sp³-hybridized carbons (Fsp3) is 0.208. The average molecular weight is 423 g/mol. The Kier molecular flexibility index (Phi) is 5.73. The summed E-state index contributed by atoms with van der Waals surface area (Å²) in [6.07, 6.45) is 0.837. The second-order valence-electron chi connectivity index (χ2n) is 7.66. The molecule has 0 aliphatic heterocycles. The van der Waals surface area contributed by atoms with Crippen molar-refractivity contribution in [2.75, 3.05) is 13.2 Å². The number of ether oxygens (including phenoxy) is 1. The minimum Gasteiger partial charge on any atom is -0.457 e. The molecule has 0 radical (unpaired) electrons. The van der Waals surface area contributed by atoms with E-state index in [0.29, 0.717) is 46.3 Å². The number of halogens is 1. The number of benzene rings is 3. The molecule has 31 heavy (non-hydrogen) atoms. The molecule has 4 N–H and O–H groups in total. The van der Waals surface area contributed by atoms with E-state index in [-0.39, 0.29) is 18.6 Å². The molecule has 0 bridgehead atoms. The first-order valence-electron chi connectivity index (χ1n) is 9.84. The third kappa shape index (κ3) is 4.44. The van der Waals surface area contributed by atoms with Crippen LogP contribution in [-0.2, 0) is 6.42 Å². The van der Waals surface area contributed by atoms with Gasteiger partial charge in [0.2, 0.25) is 5.43 Å². The Morgan fingerprint density at radius 2 is 1.61 bits per heavy atom. The molecule has 0 saturated carbocycles. The van der Waals surface area contributed by atoms with E-state index in [1.807, 2.05) is 6.07 Å². The zero-order valence-corrected chi connectivity index (χ0v) is 16.7. The summed E-state index contributed by atoms with van der Waals surface area (Å²) in [5.41, 5.74) is 6.34. The lowest BCUT2D eigenvalue weighted by Crippen LogP contribution is -2.47. The van der Waals surface area contributed by atoms with Gasteiger partial charge >= 0.3 is 0 Å². The van der Waals surface area contributed by atoms with Gasteiger partial charge in [0.15, 0.2) is 0 Å². The van der Waals surface area contributed by atoms with Crippen molar-refractivity contribution >= 4 is 21.9 Å². The number of aliphatic hydroxyl groups is 2. The molecule has 0 spiro atoms. The van der Waals surface area contributed by atoms with Gasteiger partial charge in [-0.15, -0.1) is 0 Å². The highest BCUT2D eigenvalue weighted by Gasteiger charge is 2.22. The number of rotatable bonds is 7. The predicted octanol–water partition coefficient (Wildman–Crippen LogP) is 3.49. The standard InChI is InChI=1S/C24H22FNO5/c25-16-2-1-3-17(11-16)30-18-5-7-22-20(12-18)23(29)19-10-15(4-6-21(19)31-22)8-9-24(26,13-27)14-28/h1-7,10-12,27-28H,8-9,13-14,26H2. The van der Waals surface area contributed by atoms with Crippen LogP contribution in [0.2, 0.25) is 0 Å². The summed E-state index contributed by atoms with van der Waals surface area (Å²) in [6.45, 7) is -0.671. The Hall–Kier alpha value is -3.26. The number of hydrogen-bond donors (Lipinski definition) is 3. The van der Waals surface area contributed by atoms with Gasteiger partial charge in [0.1, 0.15) is 28.5 Å². The Balaban J connectivity index is 1.69. The highest BCUT2D eigenvalue weighted by molar-refractivity contribution is 5.90. The largest absolute Gasteiger partial charge is 0.457 e. The van der Waals surface area contributed by atoms with Gasteiger partial charge in [0.25, 0.3) is 0 Å². The smallest absolute Gasteiger partial charge is 0.200 e. The summed E-state index contributed by atoms with van der Waals surface area (Å²) in [6, 6.07) is 15.9. The highest BCUT2D eigenvalue weighted by Crippen LogP contribution is 2.27. The van der Waals surface area contributed by atoms with E-state index in [2.05, 4.69) is 0 Å². The Bertz CT molecular complexity index is 1300. The van der Waals surface area contributed by atoms with Crippen LogP contribution in [0.4, 0.5) is 4.39 Å². The predicted molar refractivity (Wildman–Crippen MR) is 116 cm³/mol. The van der Waals surface area contributed by atoms with Crippen molar-refractivity contribution < 1.29 is 23.8 Å². The van der Waals surface area contributed by atoms with Crippen molar-refractivity contribution in [1.82, 2.24) is 0 Å². The van der Waals surface area contributed by atoms with Crippen molar-refractivity contribution in [2.45, 2.75) is 18.4 Å². The first-order valence-corrected chi connectivity index (χ1v) is 9.84. The van der Waals surface area contributed by atoms with Crippen LogP contribution in [0.3, 0.4) is 0 Å². The first-order chi connectivity index (χ1) is 14.9. The van der Waals surface area contributed by atoms with Gasteiger partial charge in [-0.25, -0.2) is 4.39 Å². The Morgan fingerprint density at radius 1 is 0.935 bits per heavy atom. The van der Waals surface area contributed by atoms with E-state index in [0.717, 1.165) is 5.56 Å². The van der Waals surface area contributed by atoms with Crippen LogP contribution in [0.5, 0.6) is 11.5 Å². The van der Waals surface area contributed by atoms with Crippen LogP contribution < -0.4 is 15.9 Å². The molecule has 1 heterocycles. The summed E-state index contributed by atoms with van der Waals surface area (Å²) in [7, 11) is 0. The zero-order chi connectivity index (χ0) is 22.0. The molecule has 3 aromatic carbocycles. The SMILES string of the molecule is NC(CO)(CO)CCc1ccc2oc3ccc(Oc4cccc(F)c4)cc3c(=O)c2c1. The first kappa shape index (κ1) is 21.0. The van der Waals surface area contributed by atoms with Crippen LogP contribution >= 0.6 is 0 Å². The zero-order valence-electron chi connectivity index (χ0n) is 16.7. The molecular formula is C24H22FNO5. The molecule has 0 atom stereocenters. The van der Waals surface area contributed by atoms with Gasteiger partial charge in [0, 0.05) is 6.07 Å². The second-order valence-corrected chi connectivity index (χ2v) is 7.66. The molecule has 0 amide bonds. The average Bonchev–Trinajstić information content (AvgIpc) is 2.78. The van der Waals surface area contributed by atoms with E-state index in [9.17, 15) is 19.4 Å². The van der Waals surface area contributed by atoms with Crippen molar-refractivity contribution in [3.63, 3.8) is 0 Å². The molecule has 0 aliphatic carbocycles. The number of nitrogens with two attached hydrogens (primary N) is 1. The maximum atomic E-state index is 13.4. The maximum absolute atomic E-state index is 13.4. The van der Waals surface area contributed by atoms with Crippen molar-refractivity contribution in [1.29, 1.82) is 0 Å². The molecule has 160 valence electrons. The molecule has 6 nitrogen and oxygen atoms in total. The van der Waals surface area contributed by atoms with Gasteiger partial charge in [-0.05, 0) is 60.9 Å². The molecule has 4 aromatic rings. The van der Waals surface area contributed by atoms with Crippen molar-refractivity contribution in [3.05, 3.63) is 82.3 Å². The van der Waals surface area contributed by atoms with E-state index in [1.54, 1.807) is 42.5 Å². The fourth-order valence-electron chi connectivity index (χ4n) is 3.37. The summed E-state index contributed by atoms with van der Waals surface area (Å²) >= 11 is 0. The van der Waals surface area contributed by atoms with Crippen molar-refractivity contribution in [2.24, 2.45) is 5.73 Å². The number of hydrogen-bond acceptors (Lipinski definition) is 6. The molecule has 4 rings (SSSR count). The number of aryl methyl sites for hydroxylation is 1. The lowest BCUT2D eigenvalue weighted by Gasteiger charge is -2.24. The minimum atomic E-state index is -1.08. The molecule has 0 aliphatic rings. The quantitative estimate of drug-likeness (QED) is 0.393. The van der Waals surface area contributed by atoms with Crippen molar-refractivity contribution in [3.8, 4) is 11.5 Å². The fourth-order valence-corrected chi connectivity index (χ4v) is 3.37. The van der Waals surface area contributed by atoms with Crippen LogP contribution in [0, 0.1) is 5.82 Å². The lowest BCUT2D eigenvalue weighted by atomic mass is 9.93. The third-order valence-electron chi connectivity index (χ3n) is 5.28. The van der Waals surface area contributed by atoms with Gasteiger partial charge < -0.3 is 25.1 Å². The Morgan fingerprint density at radius 3 is 2.32 bits per heavy atom. The summed E-state index contributed by atoms with van der Waals surface area (Å²) in [5.74, 6) is 0.296. The van der Waals surface area contributed by atoms with Gasteiger partial charge in [-0.3, -0.25) is 4.79 Å². The van der Waals surface area contributed by atoms with E-state index < -0.39 is 11.4 Å². The number of aliphatic hydroxyl groups excluding tert-OH is 2. The lowest BCUT2D eigenvalue weighted by molar-refractivity contribution is 0.115. The number of fused-ring (bicyclic) bond motifs is 2. The second kappa shape index (κ2) is 8.47. The minimum absolute atomic E-state index is 0.217. The maximum Gasteiger partial charge on any atom is 0.200 e. The molecule has 0 unspecified atom stereocenters. The monoisotopic (exact) mass is 423 g/mol. The summed E-state index contributed by atoms with van der Waals surface area (Å²) in [5, 5.41) is 19.5. The van der Waals surface area contributed by atoms with Gasteiger partial charge in [0.05, 0.1) is 29.5 Å². The highest BCUT2D eigenvalue weighted by atomic mass is 19.1. The van der Waals surface area contributed by atoms with E-state index in [4.69, 9.17) is 14.9 Å². The molecule has 0 fully saturated rings. The molecular weight excluding hydrogens is 401 g/mol. The van der Waals surface area contributed by atoms with Gasteiger partial charge in [-0.1, -0.05) is 12.1 Å². The normalized spacial score (nSPS) is 11.9. The van der Waals surface area contributed by atoms with E-state index in [1.165, 1.54) is 12.1 Å². The molecule has 0 saturated heterocycles. The van der Waals surface area contributed by atoms with Crippen LogP contribution in [-0.4, -0.2) is 29.0 Å². The van der Waals surface area contributed by atoms with Crippen LogP contribution in [0.1, 0.15) is 12.0 Å². The molecule has 1 aromatic heterocycles. The van der Waals surface area contributed by atoms with E-state index >= 15 is 0 Å². The summed E-state index contributed by atoms with van der Waals surface area (Å²) in [4.78, 5) is 13.1. The summed E-state index contributed by atoms with van der Waals surface area (Å²) < 4.78 is 25.0. The third-order valence-corrected chi connectivity index (χ3v) is 5.28. The Labute approximate surface area is 177 Å². The van der Waals surface area contributed by atoms with Crippen LogP contribution in [0.15, 0.2) is 69.9 Å².